The van der Waals surface area contributed by atoms with Crippen molar-refractivity contribution in [2.45, 2.75) is 24.9 Å². The molecule has 0 spiro atoms. The second-order valence-corrected chi connectivity index (χ2v) is 10.2. The van der Waals surface area contributed by atoms with Gasteiger partial charge in [-0.05, 0) is 59.2 Å². The first kappa shape index (κ1) is 28.5. The van der Waals surface area contributed by atoms with Crippen LogP contribution in [0.3, 0.4) is 0 Å². The summed E-state index contributed by atoms with van der Waals surface area (Å²) >= 11 is 0. The standard InChI is InChI=1S/C35H34N2O5/c1-24(31-23-37(22-25-11-6-5-7-12-25)32-16-9-8-15-30(31)32)35(34(39)42-4,27-13-10-14-29(21-27)41-3)36-33(38)26-17-19-28(40-2)20-18-26/h5-21,23-24H,22H2,1-4H3,(H,36,38)/t24-,35-/m0/s1. The number of nitrogens with one attached hydrogen (secondary N) is 1. The number of aromatic nitrogens is 1. The first-order valence-electron chi connectivity index (χ1n) is 13.7. The first-order chi connectivity index (χ1) is 20.4. The molecule has 214 valence electrons. The highest BCUT2D eigenvalue weighted by Gasteiger charge is 2.49. The van der Waals surface area contributed by atoms with Gasteiger partial charge in [0.05, 0.1) is 21.3 Å². The molecule has 7 heteroatoms. The van der Waals surface area contributed by atoms with E-state index < -0.39 is 23.3 Å². The average molecular weight is 563 g/mol. The lowest BCUT2D eigenvalue weighted by Gasteiger charge is -2.38. The quantitative estimate of drug-likeness (QED) is 0.202. The molecule has 4 aromatic carbocycles. The highest BCUT2D eigenvalue weighted by atomic mass is 16.5. The molecule has 1 amide bonds. The van der Waals surface area contributed by atoms with Crippen LogP contribution in [-0.4, -0.2) is 37.8 Å². The third-order valence-corrected chi connectivity index (χ3v) is 7.83. The molecule has 0 aliphatic heterocycles. The fourth-order valence-electron chi connectivity index (χ4n) is 5.56. The maximum absolute atomic E-state index is 14.0. The number of rotatable bonds is 10. The van der Waals surface area contributed by atoms with Crippen molar-refractivity contribution < 1.29 is 23.8 Å². The van der Waals surface area contributed by atoms with E-state index in [4.69, 9.17) is 14.2 Å². The third-order valence-electron chi connectivity index (χ3n) is 7.83. The maximum atomic E-state index is 14.0. The Balaban J connectivity index is 1.69. The van der Waals surface area contributed by atoms with Crippen LogP contribution in [0.1, 0.15) is 39.9 Å². The van der Waals surface area contributed by atoms with Gasteiger partial charge in [0, 0.05) is 35.1 Å². The number of hydrogen-bond donors (Lipinski definition) is 1. The molecule has 0 fully saturated rings. The average Bonchev–Trinajstić information content (AvgIpc) is 3.41. The molecule has 0 saturated carbocycles. The molecule has 0 radical (unpaired) electrons. The predicted octanol–water partition coefficient (Wildman–Crippen LogP) is 6.31. The van der Waals surface area contributed by atoms with Crippen LogP contribution in [0.5, 0.6) is 11.5 Å². The van der Waals surface area contributed by atoms with Crippen molar-refractivity contribution in [2.75, 3.05) is 21.3 Å². The Kier molecular flexibility index (Phi) is 8.29. The summed E-state index contributed by atoms with van der Waals surface area (Å²) in [7, 11) is 4.47. The van der Waals surface area contributed by atoms with Gasteiger partial charge < -0.3 is 24.1 Å². The highest BCUT2D eigenvalue weighted by molar-refractivity contribution is 5.99. The summed E-state index contributed by atoms with van der Waals surface area (Å²) in [6.45, 7) is 2.59. The van der Waals surface area contributed by atoms with E-state index in [0.717, 1.165) is 22.0 Å². The summed E-state index contributed by atoms with van der Waals surface area (Å²) in [5.41, 5.74) is 2.40. The number of benzene rings is 4. The van der Waals surface area contributed by atoms with Gasteiger partial charge in [-0.15, -0.1) is 0 Å². The zero-order valence-electron chi connectivity index (χ0n) is 24.2. The lowest BCUT2D eigenvalue weighted by molar-refractivity contribution is -0.149. The van der Waals surface area contributed by atoms with Crippen LogP contribution in [0.4, 0.5) is 0 Å². The summed E-state index contributed by atoms with van der Waals surface area (Å²) in [6, 6.07) is 32.2. The van der Waals surface area contributed by atoms with Crippen LogP contribution < -0.4 is 14.8 Å². The number of carbonyl (C=O) groups is 2. The molecular formula is C35H34N2O5. The van der Waals surface area contributed by atoms with E-state index in [1.54, 1.807) is 56.7 Å². The highest BCUT2D eigenvalue weighted by Crippen LogP contribution is 2.42. The normalized spacial score (nSPS) is 13.1. The van der Waals surface area contributed by atoms with Gasteiger partial charge in [0.15, 0.2) is 5.54 Å². The predicted molar refractivity (Wildman–Crippen MR) is 163 cm³/mol. The van der Waals surface area contributed by atoms with Crippen LogP contribution in [0.2, 0.25) is 0 Å². The van der Waals surface area contributed by atoms with Crippen molar-refractivity contribution in [3.63, 3.8) is 0 Å². The number of ether oxygens (including phenoxy) is 3. The van der Waals surface area contributed by atoms with E-state index in [1.165, 1.54) is 7.11 Å². The summed E-state index contributed by atoms with van der Waals surface area (Å²) in [6.07, 6.45) is 2.07. The zero-order chi connectivity index (χ0) is 29.7. The molecule has 0 aliphatic carbocycles. The van der Waals surface area contributed by atoms with Crippen LogP contribution >= 0.6 is 0 Å². The minimum absolute atomic E-state index is 0.380. The first-order valence-corrected chi connectivity index (χ1v) is 13.7. The van der Waals surface area contributed by atoms with Crippen molar-refractivity contribution in [3.05, 3.63) is 132 Å². The zero-order valence-corrected chi connectivity index (χ0v) is 24.2. The Labute approximate surface area is 245 Å². The third kappa shape index (κ3) is 5.33. The van der Waals surface area contributed by atoms with E-state index in [0.29, 0.717) is 29.2 Å². The van der Waals surface area contributed by atoms with Crippen LogP contribution in [-0.2, 0) is 21.6 Å². The minimum atomic E-state index is -1.60. The Morgan fingerprint density at radius 2 is 1.50 bits per heavy atom. The number of carbonyl (C=O) groups excluding carboxylic acids is 2. The fraction of sp³-hybridized carbons (Fsp3) is 0.200. The van der Waals surface area contributed by atoms with Gasteiger partial charge in [-0.3, -0.25) is 4.79 Å². The van der Waals surface area contributed by atoms with Crippen LogP contribution in [0, 0.1) is 0 Å². The number of para-hydroxylation sites is 1. The number of amides is 1. The van der Waals surface area contributed by atoms with Gasteiger partial charge in [0.25, 0.3) is 5.91 Å². The van der Waals surface area contributed by atoms with Gasteiger partial charge in [0.2, 0.25) is 0 Å². The van der Waals surface area contributed by atoms with Gasteiger partial charge in [0.1, 0.15) is 11.5 Å². The van der Waals surface area contributed by atoms with Gasteiger partial charge in [-0.25, -0.2) is 4.79 Å². The summed E-state index contributed by atoms with van der Waals surface area (Å²) in [5, 5.41) is 4.09. The molecule has 7 nitrogen and oxygen atoms in total. The lowest BCUT2D eigenvalue weighted by atomic mass is 9.74. The van der Waals surface area contributed by atoms with E-state index in [-0.39, 0.29) is 0 Å². The van der Waals surface area contributed by atoms with Crippen molar-refractivity contribution >= 4 is 22.8 Å². The summed E-state index contributed by atoms with van der Waals surface area (Å²) in [5.74, 6) is -0.395. The molecule has 2 atom stereocenters. The van der Waals surface area contributed by atoms with Gasteiger partial charge >= 0.3 is 5.97 Å². The molecule has 5 aromatic rings. The van der Waals surface area contributed by atoms with E-state index in [2.05, 4.69) is 34.3 Å². The summed E-state index contributed by atoms with van der Waals surface area (Å²) in [4.78, 5) is 27.9. The number of esters is 1. The van der Waals surface area contributed by atoms with Crippen LogP contribution in [0.25, 0.3) is 10.9 Å². The molecule has 0 saturated heterocycles. The molecule has 5 rings (SSSR count). The lowest BCUT2D eigenvalue weighted by Crippen LogP contribution is -2.55. The van der Waals surface area contributed by atoms with Crippen molar-refractivity contribution in [1.29, 1.82) is 0 Å². The number of methoxy groups -OCH3 is 3. The van der Waals surface area contributed by atoms with Gasteiger partial charge in [-0.1, -0.05) is 67.6 Å². The molecule has 1 aromatic heterocycles. The maximum Gasteiger partial charge on any atom is 0.336 e. The van der Waals surface area contributed by atoms with Gasteiger partial charge in [-0.2, -0.15) is 0 Å². The number of fused-ring (bicyclic) bond motifs is 1. The molecule has 0 bridgehead atoms. The van der Waals surface area contributed by atoms with Crippen molar-refractivity contribution in [2.24, 2.45) is 0 Å². The minimum Gasteiger partial charge on any atom is -0.497 e. The second-order valence-electron chi connectivity index (χ2n) is 10.2. The smallest absolute Gasteiger partial charge is 0.336 e. The summed E-state index contributed by atoms with van der Waals surface area (Å²) < 4.78 is 18.4. The molecular weight excluding hydrogens is 528 g/mol. The molecule has 0 aliphatic rings. The molecule has 42 heavy (non-hydrogen) atoms. The monoisotopic (exact) mass is 562 g/mol. The van der Waals surface area contributed by atoms with E-state index >= 15 is 0 Å². The number of hydrogen-bond acceptors (Lipinski definition) is 5. The van der Waals surface area contributed by atoms with E-state index in [1.807, 2.05) is 49.4 Å². The number of nitrogens with zero attached hydrogens (tertiary/aromatic N) is 1. The molecule has 1 heterocycles. The molecule has 0 unspecified atom stereocenters. The Morgan fingerprint density at radius 3 is 2.19 bits per heavy atom. The Bertz CT molecular complexity index is 1690. The Morgan fingerprint density at radius 1 is 0.810 bits per heavy atom. The largest absolute Gasteiger partial charge is 0.497 e. The van der Waals surface area contributed by atoms with Crippen molar-refractivity contribution in [3.8, 4) is 11.5 Å². The Hall–Kier alpha value is -5.04. The van der Waals surface area contributed by atoms with E-state index in [9.17, 15) is 9.59 Å². The molecule has 1 N–H and O–H groups in total. The second kappa shape index (κ2) is 12.2. The van der Waals surface area contributed by atoms with Crippen LogP contribution in [0.15, 0.2) is 109 Å². The SMILES string of the molecule is COC(=O)[C@@](NC(=O)c1ccc(OC)cc1)(c1cccc(OC)c1)[C@@H](C)c1cn(Cc2ccccc2)c2ccccc12. The topological polar surface area (TPSA) is 78.8 Å². The fourth-order valence-corrected chi connectivity index (χ4v) is 5.56. The van der Waals surface area contributed by atoms with Crippen molar-refractivity contribution in [1.82, 2.24) is 9.88 Å².